The van der Waals surface area contributed by atoms with Gasteiger partial charge in [-0.05, 0) is 38.1 Å². The molecule has 0 unspecified atom stereocenters. The van der Waals surface area contributed by atoms with E-state index in [0.29, 0.717) is 22.1 Å². The van der Waals surface area contributed by atoms with Crippen LogP contribution in [0.4, 0.5) is 0 Å². The van der Waals surface area contributed by atoms with Crippen LogP contribution in [0.5, 0.6) is 11.5 Å². The van der Waals surface area contributed by atoms with Crippen LogP contribution in [0.15, 0.2) is 48.5 Å². The minimum absolute atomic E-state index is 0.00448. The van der Waals surface area contributed by atoms with E-state index in [4.69, 9.17) is 21.1 Å². The smallest absolute Gasteiger partial charge is 0.345 e. The zero-order valence-electron chi connectivity index (χ0n) is 11.3. The highest BCUT2D eigenvalue weighted by Crippen LogP contribution is 2.29. The third-order valence-corrected chi connectivity index (χ3v) is 2.84. The van der Waals surface area contributed by atoms with Gasteiger partial charge in [-0.2, -0.15) is 0 Å². The van der Waals surface area contributed by atoms with E-state index in [1.54, 1.807) is 42.5 Å². The molecule has 0 spiro atoms. The van der Waals surface area contributed by atoms with E-state index in [0.717, 1.165) is 0 Å². The van der Waals surface area contributed by atoms with Gasteiger partial charge in [0.2, 0.25) is 0 Å². The van der Waals surface area contributed by atoms with Crippen LogP contribution in [-0.4, -0.2) is 12.1 Å². The molecule has 20 heavy (non-hydrogen) atoms. The average Bonchev–Trinajstić information content (AvgIpc) is 2.41. The summed E-state index contributed by atoms with van der Waals surface area (Å²) in [4.78, 5) is 12.1. The molecular weight excluding hydrogens is 276 g/mol. The standard InChI is InChI=1S/C16H15ClO3/c1-11(2)19-14-9-5-6-10-15(14)20-16(18)12-7-3-4-8-13(12)17/h3-11H,1-2H3. The summed E-state index contributed by atoms with van der Waals surface area (Å²) in [5.74, 6) is 0.407. The predicted octanol–water partition coefficient (Wildman–Crippen LogP) is 4.35. The zero-order chi connectivity index (χ0) is 14.5. The summed E-state index contributed by atoms with van der Waals surface area (Å²) in [6.45, 7) is 3.82. The van der Waals surface area contributed by atoms with Gasteiger partial charge in [-0.25, -0.2) is 4.79 Å². The van der Waals surface area contributed by atoms with Crippen LogP contribution in [0.2, 0.25) is 5.02 Å². The van der Waals surface area contributed by atoms with Crippen LogP contribution in [0, 0.1) is 0 Å². The normalized spacial score (nSPS) is 10.4. The number of para-hydroxylation sites is 2. The van der Waals surface area contributed by atoms with Crippen molar-refractivity contribution in [3.63, 3.8) is 0 Å². The van der Waals surface area contributed by atoms with Gasteiger partial charge in [-0.15, -0.1) is 0 Å². The number of carbonyl (C=O) groups is 1. The average molecular weight is 291 g/mol. The molecule has 0 saturated heterocycles. The minimum Gasteiger partial charge on any atom is -0.487 e. The SMILES string of the molecule is CC(C)Oc1ccccc1OC(=O)c1ccccc1Cl. The van der Waals surface area contributed by atoms with Gasteiger partial charge in [0.05, 0.1) is 16.7 Å². The Hall–Kier alpha value is -2.00. The summed E-state index contributed by atoms with van der Waals surface area (Å²) < 4.78 is 11.0. The topological polar surface area (TPSA) is 35.5 Å². The highest BCUT2D eigenvalue weighted by Gasteiger charge is 2.15. The molecule has 0 amide bonds. The lowest BCUT2D eigenvalue weighted by Gasteiger charge is -2.14. The molecule has 0 N–H and O–H groups in total. The molecular formula is C16H15ClO3. The van der Waals surface area contributed by atoms with Crippen molar-refractivity contribution in [2.45, 2.75) is 20.0 Å². The van der Waals surface area contributed by atoms with E-state index in [1.165, 1.54) is 0 Å². The second-order valence-electron chi connectivity index (χ2n) is 4.48. The Labute approximate surface area is 123 Å². The number of hydrogen-bond acceptors (Lipinski definition) is 3. The Bertz CT molecular complexity index is 608. The second kappa shape index (κ2) is 6.44. The van der Waals surface area contributed by atoms with Crippen LogP contribution in [0.1, 0.15) is 24.2 Å². The van der Waals surface area contributed by atoms with Crippen molar-refractivity contribution in [1.82, 2.24) is 0 Å². The molecule has 0 aliphatic rings. The quantitative estimate of drug-likeness (QED) is 0.620. The monoisotopic (exact) mass is 290 g/mol. The summed E-state index contributed by atoms with van der Waals surface area (Å²) in [6, 6.07) is 13.8. The van der Waals surface area contributed by atoms with Gasteiger partial charge in [0.25, 0.3) is 0 Å². The highest BCUT2D eigenvalue weighted by molar-refractivity contribution is 6.33. The van der Waals surface area contributed by atoms with Gasteiger partial charge in [0, 0.05) is 0 Å². The molecule has 0 fully saturated rings. The van der Waals surface area contributed by atoms with E-state index >= 15 is 0 Å². The van der Waals surface area contributed by atoms with Crippen LogP contribution in [0.3, 0.4) is 0 Å². The van der Waals surface area contributed by atoms with Gasteiger partial charge in [0.15, 0.2) is 11.5 Å². The largest absolute Gasteiger partial charge is 0.487 e. The van der Waals surface area contributed by atoms with Crippen LogP contribution in [0.25, 0.3) is 0 Å². The molecule has 2 aromatic rings. The minimum atomic E-state index is -0.504. The summed E-state index contributed by atoms with van der Waals surface area (Å²) in [7, 11) is 0. The Balaban J connectivity index is 2.22. The number of ether oxygens (including phenoxy) is 2. The van der Waals surface area contributed by atoms with Crippen molar-refractivity contribution in [1.29, 1.82) is 0 Å². The maximum atomic E-state index is 12.1. The molecule has 0 atom stereocenters. The summed E-state index contributed by atoms with van der Waals surface area (Å²) in [5, 5.41) is 0.361. The molecule has 4 heteroatoms. The van der Waals surface area contributed by atoms with Gasteiger partial charge in [-0.1, -0.05) is 35.9 Å². The first-order valence-electron chi connectivity index (χ1n) is 6.30. The summed E-state index contributed by atoms with van der Waals surface area (Å²) in [6.07, 6.45) is -0.00448. The Morgan fingerprint density at radius 2 is 1.60 bits per heavy atom. The number of carbonyl (C=O) groups excluding carboxylic acids is 1. The first-order chi connectivity index (χ1) is 9.58. The molecule has 0 bridgehead atoms. The molecule has 2 rings (SSSR count). The first kappa shape index (κ1) is 14.4. The fraction of sp³-hybridized carbons (Fsp3) is 0.188. The molecule has 0 radical (unpaired) electrons. The highest BCUT2D eigenvalue weighted by atomic mass is 35.5. The number of esters is 1. The fourth-order valence-electron chi connectivity index (χ4n) is 1.67. The molecule has 0 saturated carbocycles. The Morgan fingerprint density at radius 1 is 1.00 bits per heavy atom. The van der Waals surface area contributed by atoms with E-state index in [-0.39, 0.29) is 6.10 Å². The van der Waals surface area contributed by atoms with Crippen LogP contribution >= 0.6 is 11.6 Å². The molecule has 2 aromatic carbocycles. The molecule has 104 valence electrons. The first-order valence-corrected chi connectivity index (χ1v) is 6.68. The van der Waals surface area contributed by atoms with Crippen molar-refractivity contribution in [2.75, 3.05) is 0 Å². The van der Waals surface area contributed by atoms with E-state index in [2.05, 4.69) is 0 Å². The lowest BCUT2D eigenvalue weighted by molar-refractivity contribution is 0.0725. The van der Waals surface area contributed by atoms with E-state index in [9.17, 15) is 4.79 Å². The van der Waals surface area contributed by atoms with E-state index in [1.807, 2.05) is 19.9 Å². The molecule has 0 aromatic heterocycles. The van der Waals surface area contributed by atoms with Crippen molar-refractivity contribution in [3.8, 4) is 11.5 Å². The third-order valence-electron chi connectivity index (χ3n) is 2.51. The lowest BCUT2D eigenvalue weighted by atomic mass is 10.2. The third kappa shape index (κ3) is 3.52. The summed E-state index contributed by atoms with van der Waals surface area (Å²) >= 11 is 5.98. The van der Waals surface area contributed by atoms with E-state index < -0.39 is 5.97 Å². The molecule has 0 heterocycles. The Kier molecular flexibility index (Phi) is 4.64. The van der Waals surface area contributed by atoms with Crippen molar-refractivity contribution in [3.05, 3.63) is 59.1 Å². The fourth-order valence-corrected chi connectivity index (χ4v) is 1.88. The number of rotatable bonds is 4. The molecule has 0 aliphatic carbocycles. The van der Waals surface area contributed by atoms with Crippen molar-refractivity contribution < 1.29 is 14.3 Å². The molecule has 0 aliphatic heterocycles. The summed E-state index contributed by atoms with van der Waals surface area (Å²) in [5.41, 5.74) is 0.327. The van der Waals surface area contributed by atoms with Gasteiger partial charge < -0.3 is 9.47 Å². The van der Waals surface area contributed by atoms with Crippen LogP contribution in [-0.2, 0) is 0 Å². The number of halogens is 1. The predicted molar refractivity (Wildman–Crippen MR) is 78.6 cm³/mol. The number of benzene rings is 2. The Morgan fingerprint density at radius 3 is 2.25 bits per heavy atom. The molecule has 3 nitrogen and oxygen atoms in total. The lowest BCUT2D eigenvalue weighted by Crippen LogP contribution is -2.12. The van der Waals surface area contributed by atoms with Crippen LogP contribution < -0.4 is 9.47 Å². The zero-order valence-corrected chi connectivity index (χ0v) is 12.1. The van der Waals surface area contributed by atoms with Crippen molar-refractivity contribution in [2.24, 2.45) is 0 Å². The van der Waals surface area contributed by atoms with Gasteiger partial charge in [0.1, 0.15) is 0 Å². The van der Waals surface area contributed by atoms with Gasteiger partial charge in [-0.3, -0.25) is 0 Å². The van der Waals surface area contributed by atoms with Crippen molar-refractivity contribution >= 4 is 17.6 Å². The second-order valence-corrected chi connectivity index (χ2v) is 4.89. The maximum absolute atomic E-state index is 12.1. The number of hydrogen-bond donors (Lipinski definition) is 0. The van der Waals surface area contributed by atoms with Gasteiger partial charge >= 0.3 is 5.97 Å². The maximum Gasteiger partial charge on any atom is 0.345 e.